The molecular weight excluding hydrogens is 414 g/mol. The van der Waals surface area contributed by atoms with Crippen LogP contribution in [0.2, 0.25) is 0 Å². The lowest BCUT2D eigenvalue weighted by atomic mass is 10.0. The largest absolute Gasteiger partial charge is 0.376 e. The van der Waals surface area contributed by atoms with Crippen LogP contribution in [-0.2, 0) is 22.7 Å². The maximum atomic E-state index is 6.41. The van der Waals surface area contributed by atoms with Crippen molar-refractivity contribution in [1.82, 2.24) is 19.5 Å². The summed E-state index contributed by atoms with van der Waals surface area (Å²) in [5.41, 5.74) is 10.6. The molecule has 1 saturated carbocycles. The fourth-order valence-corrected chi connectivity index (χ4v) is 4.44. The van der Waals surface area contributed by atoms with Gasteiger partial charge in [-0.3, -0.25) is 0 Å². The third-order valence-corrected chi connectivity index (χ3v) is 6.19. The van der Waals surface area contributed by atoms with Crippen LogP contribution in [0.1, 0.15) is 23.6 Å². The first-order chi connectivity index (χ1) is 16.2. The SMILES string of the molecule is C=C1[C@H](COCc2ccccc2)[C@@H](OCc2ccccc2)C[C@@H]1n1cnc2cnc(N)nc21. The van der Waals surface area contributed by atoms with Crippen LogP contribution in [0.15, 0.2) is 85.3 Å². The van der Waals surface area contributed by atoms with Gasteiger partial charge in [0, 0.05) is 5.92 Å². The lowest BCUT2D eigenvalue weighted by Crippen LogP contribution is -2.23. The summed E-state index contributed by atoms with van der Waals surface area (Å²) < 4.78 is 14.6. The fraction of sp³-hybridized carbons (Fsp3) is 0.269. The highest BCUT2D eigenvalue weighted by atomic mass is 16.5. The number of imidazole rings is 1. The van der Waals surface area contributed by atoms with Gasteiger partial charge in [-0.15, -0.1) is 0 Å². The maximum Gasteiger partial charge on any atom is 0.222 e. The molecule has 5 rings (SSSR count). The van der Waals surface area contributed by atoms with E-state index in [1.54, 1.807) is 12.5 Å². The Morgan fingerprint density at radius 1 is 0.970 bits per heavy atom. The summed E-state index contributed by atoms with van der Waals surface area (Å²) in [5.74, 6) is 0.284. The second-order valence-electron chi connectivity index (χ2n) is 8.36. The molecule has 7 heteroatoms. The van der Waals surface area contributed by atoms with Gasteiger partial charge in [-0.2, -0.15) is 4.98 Å². The van der Waals surface area contributed by atoms with E-state index in [1.807, 2.05) is 41.0 Å². The van der Waals surface area contributed by atoms with E-state index in [2.05, 4.69) is 45.8 Å². The fourth-order valence-electron chi connectivity index (χ4n) is 4.44. The molecule has 0 unspecified atom stereocenters. The molecule has 0 bridgehead atoms. The van der Waals surface area contributed by atoms with Gasteiger partial charge in [0.1, 0.15) is 5.52 Å². The Hall–Kier alpha value is -3.55. The zero-order valence-electron chi connectivity index (χ0n) is 18.4. The zero-order valence-corrected chi connectivity index (χ0v) is 18.4. The van der Waals surface area contributed by atoms with Crippen molar-refractivity contribution < 1.29 is 9.47 Å². The number of benzene rings is 2. The molecule has 168 valence electrons. The number of aromatic nitrogens is 4. The van der Waals surface area contributed by atoms with Gasteiger partial charge < -0.3 is 19.8 Å². The molecule has 0 saturated heterocycles. The summed E-state index contributed by atoms with van der Waals surface area (Å²) in [6.45, 7) is 6.08. The van der Waals surface area contributed by atoms with E-state index in [9.17, 15) is 0 Å². The van der Waals surface area contributed by atoms with Crippen LogP contribution >= 0.6 is 0 Å². The number of nitrogens with zero attached hydrogens (tertiary/aromatic N) is 4. The van der Waals surface area contributed by atoms with E-state index >= 15 is 0 Å². The van der Waals surface area contributed by atoms with E-state index < -0.39 is 0 Å². The van der Waals surface area contributed by atoms with E-state index in [-0.39, 0.29) is 24.0 Å². The van der Waals surface area contributed by atoms with Crippen molar-refractivity contribution in [3.8, 4) is 0 Å². The highest BCUT2D eigenvalue weighted by Crippen LogP contribution is 2.42. The number of anilines is 1. The lowest BCUT2D eigenvalue weighted by molar-refractivity contribution is -0.0122. The summed E-state index contributed by atoms with van der Waals surface area (Å²) >= 11 is 0. The van der Waals surface area contributed by atoms with Crippen molar-refractivity contribution in [2.45, 2.75) is 31.8 Å². The van der Waals surface area contributed by atoms with E-state index in [4.69, 9.17) is 15.2 Å². The minimum Gasteiger partial charge on any atom is -0.376 e. The van der Waals surface area contributed by atoms with Crippen LogP contribution in [-0.4, -0.2) is 32.2 Å². The van der Waals surface area contributed by atoms with Crippen molar-refractivity contribution >= 4 is 17.1 Å². The highest BCUT2D eigenvalue weighted by molar-refractivity contribution is 5.71. The smallest absolute Gasteiger partial charge is 0.222 e. The topological polar surface area (TPSA) is 88.1 Å². The van der Waals surface area contributed by atoms with Crippen LogP contribution in [0.3, 0.4) is 0 Å². The number of rotatable bonds is 8. The van der Waals surface area contributed by atoms with Gasteiger partial charge >= 0.3 is 0 Å². The Morgan fingerprint density at radius 3 is 2.39 bits per heavy atom. The number of hydrogen-bond acceptors (Lipinski definition) is 6. The normalized spacial score (nSPS) is 20.5. The van der Waals surface area contributed by atoms with Crippen molar-refractivity contribution in [1.29, 1.82) is 0 Å². The van der Waals surface area contributed by atoms with Gasteiger partial charge in [0.05, 0.1) is 44.5 Å². The molecule has 2 aromatic carbocycles. The van der Waals surface area contributed by atoms with Crippen molar-refractivity contribution in [2.24, 2.45) is 5.92 Å². The first-order valence-electron chi connectivity index (χ1n) is 11.1. The van der Waals surface area contributed by atoms with E-state index in [1.165, 1.54) is 0 Å². The van der Waals surface area contributed by atoms with Crippen LogP contribution < -0.4 is 5.73 Å². The monoisotopic (exact) mass is 441 g/mol. The molecular formula is C26H27N5O2. The first-order valence-corrected chi connectivity index (χ1v) is 11.1. The van der Waals surface area contributed by atoms with Gasteiger partial charge in [0.2, 0.25) is 5.95 Å². The van der Waals surface area contributed by atoms with Crippen molar-refractivity contribution in [3.63, 3.8) is 0 Å². The summed E-state index contributed by atoms with van der Waals surface area (Å²) in [4.78, 5) is 12.9. The third-order valence-electron chi connectivity index (χ3n) is 6.19. The molecule has 2 aromatic heterocycles. The van der Waals surface area contributed by atoms with Crippen LogP contribution in [0.5, 0.6) is 0 Å². The van der Waals surface area contributed by atoms with Crippen LogP contribution in [0.4, 0.5) is 5.95 Å². The summed E-state index contributed by atoms with van der Waals surface area (Å²) in [7, 11) is 0. The van der Waals surface area contributed by atoms with Crippen LogP contribution in [0.25, 0.3) is 11.2 Å². The minimum absolute atomic E-state index is 0.00426. The average Bonchev–Trinajstić information content (AvgIpc) is 3.39. The number of fused-ring (bicyclic) bond motifs is 1. The molecule has 1 aliphatic rings. The molecule has 1 fully saturated rings. The van der Waals surface area contributed by atoms with Crippen LogP contribution in [0, 0.1) is 5.92 Å². The molecule has 2 heterocycles. The van der Waals surface area contributed by atoms with Gasteiger partial charge in [0.25, 0.3) is 0 Å². The van der Waals surface area contributed by atoms with E-state index in [0.717, 1.165) is 23.1 Å². The molecule has 0 amide bonds. The standard InChI is InChI=1S/C26H27N5O2/c1-18-21(16-32-14-19-8-4-2-5-9-19)24(33-15-20-10-6-3-7-11-20)12-23(18)31-17-29-22-13-28-26(27)30-25(22)31/h2-11,13,17,21,23-24H,1,12,14-16H2,(H2,27,28,30)/t21-,23-,24-/m0/s1. The van der Waals surface area contributed by atoms with Gasteiger partial charge in [0.15, 0.2) is 5.65 Å². The lowest BCUT2D eigenvalue weighted by Gasteiger charge is -2.21. The Morgan fingerprint density at radius 2 is 1.67 bits per heavy atom. The quantitative estimate of drug-likeness (QED) is 0.410. The van der Waals surface area contributed by atoms with Gasteiger partial charge in [-0.25, -0.2) is 9.97 Å². The molecule has 0 spiro atoms. The third kappa shape index (κ3) is 4.65. The molecule has 7 nitrogen and oxygen atoms in total. The molecule has 4 aromatic rings. The second-order valence-corrected chi connectivity index (χ2v) is 8.36. The summed E-state index contributed by atoms with van der Waals surface area (Å²) in [6.07, 6.45) is 4.17. The number of nitrogens with two attached hydrogens (primary N) is 1. The van der Waals surface area contributed by atoms with Gasteiger partial charge in [-0.1, -0.05) is 67.2 Å². The van der Waals surface area contributed by atoms with E-state index in [0.29, 0.717) is 31.0 Å². The van der Waals surface area contributed by atoms with Gasteiger partial charge in [-0.05, 0) is 23.1 Å². The molecule has 2 N–H and O–H groups in total. The maximum absolute atomic E-state index is 6.41. The number of nitrogen functional groups attached to an aromatic ring is 1. The molecule has 0 aliphatic heterocycles. The highest BCUT2D eigenvalue weighted by Gasteiger charge is 2.40. The summed E-state index contributed by atoms with van der Waals surface area (Å²) in [6, 6.07) is 20.4. The second kappa shape index (κ2) is 9.52. The predicted molar refractivity (Wildman–Crippen MR) is 127 cm³/mol. The Bertz CT molecular complexity index is 1230. The minimum atomic E-state index is -0.0323. The Labute approximate surface area is 192 Å². The Kier molecular flexibility index (Phi) is 6.15. The molecule has 33 heavy (non-hydrogen) atoms. The zero-order chi connectivity index (χ0) is 22.6. The average molecular weight is 442 g/mol. The summed E-state index contributed by atoms with van der Waals surface area (Å²) in [5, 5.41) is 0. The Balaban J connectivity index is 1.35. The van der Waals surface area contributed by atoms with Crippen molar-refractivity contribution in [2.75, 3.05) is 12.3 Å². The number of ether oxygens (including phenoxy) is 2. The molecule has 1 aliphatic carbocycles. The van der Waals surface area contributed by atoms with Crippen molar-refractivity contribution in [3.05, 3.63) is 96.5 Å². The molecule has 0 radical (unpaired) electrons. The molecule has 3 atom stereocenters. The first kappa shape index (κ1) is 21.3. The predicted octanol–water partition coefficient (Wildman–Crippen LogP) is 4.33. The number of hydrogen-bond donors (Lipinski definition) is 1.